The Hall–Kier alpha value is -3.20. The Labute approximate surface area is 226 Å². The van der Waals surface area contributed by atoms with E-state index in [-0.39, 0.29) is 24.7 Å². The van der Waals surface area contributed by atoms with Crippen molar-refractivity contribution in [1.29, 1.82) is 0 Å². The molecule has 1 atom stereocenters. The minimum Gasteiger partial charge on any atom is -0.490 e. The monoisotopic (exact) mass is 530 g/mol. The number of amides is 1. The van der Waals surface area contributed by atoms with Crippen molar-refractivity contribution in [3.05, 3.63) is 70.4 Å². The number of β-amino-alcohol motifs (C(OH)–C–C–N with tert-alkyl or cyclic N) is 1. The van der Waals surface area contributed by atoms with E-state index in [4.69, 9.17) is 9.84 Å². The lowest BCUT2D eigenvalue weighted by atomic mass is 10.0. The average molecular weight is 531 g/mol. The topological polar surface area (TPSA) is 90.5 Å². The third-order valence-corrected chi connectivity index (χ3v) is 8.48. The standard InChI is InChI=1S/C30H34N4O3S/c35-15-14-34-12-9-25(10-13-34)37-24-6-3-22(4-7-24)29-26-18-23(5-8-27(26)32-33-29)30(36)31-28(21-1-2-21)17-20-11-16-38-19-20/h3-8,11,16,18-19,21,25,28,35H,1-2,9-10,12-15,17H2,(H,31,36)(H,32,33). The number of rotatable bonds is 10. The van der Waals surface area contributed by atoms with Crippen LogP contribution >= 0.6 is 11.3 Å². The number of H-pyrrole nitrogens is 1. The summed E-state index contributed by atoms with van der Waals surface area (Å²) in [4.78, 5) is 15.5. The maximum absolute atomic E-state index is 13.2. The van der Waals surface area contributed by atoms with Crippen LogP contribution in [0.1, 0.15) is 41.6 Å². The van der Waals surface area contributed by atoms with Gasteiger partial charge in [-0.05, 0) is 103 Å². The second-order valence-corrected chi connectivity index (χ2v) is 11.3. The van der Waals surface area contributed by atoms with E-state index in [9.17, 15) is 4.79 Å². The van der Waals surface area contributed by atoms with Gasteiger partial charge in [-0.2, -0.15) is 16.4 Å². The molecule has 8 heteroatoms. The van der Waals surface area contributed by atoms with Crippen LogP contribution in [0.3, 0.4) is 0 Å². The van der Waals surface area contributed by atoms with E-state index >= 15 is 0 Å². The van der Waals surface area contributed by atoms with Crippen LogP contribution in [0.4, 0.5) is 0 Å². The number of aromatic nitrogens is 2. The van der Waals surface area contributed by atoms with Gasteiger partial charge in [0.2, 0.25) is 0 Å². The van der Waals surface area contributed by atoms with Gasteiger partial charge in [0.25, 0.3) is 5.91 Å². The summed E-state index contributed by atoms with van der Waals surface area (Å²) in [7, 11) is 0. The number of likely N-dealkylation sites (tertiary alicyclic amines) is 1. The molecule has 1 aliphatic carbocycles. The summed E-state index contributed by atoms with van der Waals surface area (Å²) < 4.78 is 6.22. The minimum atomic E-state index is -0.0278. The van der Waals surface area contributed by atoms with E-state index in [0.717, 1.165) is 66.8 Å². The van der Waals surface area contributed by atoms with E-state index in [0.29, 0.717) is 11.5 Å². The molecule has 1 saturated carbocycles. The number of fused-ring (bicyclic) bond motifs is 1. The molecule has 2 aliphatic rings. The predicted molar refractivity (Wildman–Crippen MR) is 151 cm³/mol. The van der Waals surface area contributed by atoms with Gasteiger partial charge in [0.05, 0.1) is 17.8 Å². The van der Waals surface area contributed by atoms with Crippen molar-refractivity contribution in [1.82, 2.24) is 20.4 Å². The number of hydrogen-bond donors (Lipinski definition) is 3. The number of aromatic amines is 1. The lowest BCUT2D eigenvalue weighted by molar-refractivity contribution is 0.0889. The van der Waals surface area contributed by atoms with Crippen molar-refractivity contribution in [3.63, 3.8) is 0 Å². The van der Waals surface area contributed by atoms with E-state index in [1.807, 2.05) is 42.5 Å². The molecule has 1 unspecified atom stereocenters. The number of nitrogens with one attached hydrogen (secondary N) is 2. The molecule has 4 aromatic rings. The molecule has 2 fully saturated rings. The normalized spacial score (nSPS) is 17.5. The number of carbonyl (C=O) groups is 1. The Balaban J connectivity index is 1.14. The molecule has 7 nitrogen and oxygen atoms in total. The first kappa shape index (κ1) is 25.1. The first-order valence-corrected chi connectivity index (χ1v) is 14.5. The lowest BCUT2D eigenvalue weighted by Crippen LogP contribution is -2.39. The van der Waals surface area contributed by atoms with Crippen LogP contribution in [0.25, 0.3) is 22.2 Å². The first-order valence-electron chi connectivity index (χ1n) is 13.6. The zero-order valence-electron chi connectivity index (χ0n) is 21.4. The molecule has 0 bridgehead atoms. The zero-order valence-corrected chi connectivity index (χ0v) is 22.3. The lowest BCUT2D eigenvalue weighted by Gasteiger charge is -2.31. The molecule has 3 heterocycles. The zero-order chi connectivity index (χ0) is 25.9. The molecular formula is C30H34N4O3S. The van der Waals surface area contributed by atoms with E-state index in [1.54, 1.807) is 11.3 Å². The Kier molecular flexibility index (Phi) is 7.44. The highest BCUT2D eigenvalue weighted by Crippen LogP contribution is 2.35. The summed E-state index contributed by atoms with van der Waals surface area (Å²) in [5.74, 6) is 1.40. The highest BCUT2D eigenvalue weighted by Gasteiger charge is 2.32. The van der Waals surface area contributed by atoms with Gasteiger partial charge in [0.1, 0.15) is 11.9 Å². The Bertz CT molecular complexity index is 1360. The average Bonchev–Trinajstić information content (AvgIpc) is 3.50. The van der Waals surface area contributed by atoms with Crippen molar-refractivity contribution in [2.75, 3.05) is 26.2 Å². The number of thiophene rings is 1. The highest BCUT2D eigenvalue weighted by molar-refractivity contribution is 7.07. The Morgan fingerprint density at radius 2 is 1.95 bits per heavy atom. The second kappa shape index (κ2) is 11.3. The van der Waals surface area contributed by atoms with Gasteiger partial charge in [-0.25, -0.2) is 0 Å². The van der Waals surface area contributed by atoms with Crippen LogP contribution in [0.2, 0.25) is 0 Å². The van der Waals surface area contributed by atoms with Crippen molar-refractivity contribution in [2.45, 2.75) is 44.2 Å². The van der Waals surface area contributed by atoms with Crippen LogP contribution in [0.5, 0.6) is 5.75 Å². The van der Waals surface area contributed by atoms with Gasteiger partial charge < -0.3 is 20.1 Å². The fourth-order valence-corrected chi connectivity index (χ4v) is 6.08. The van der Waals surface area contributed by atoms with Crippen molar-refractivity contribution < 1.29 is 14.6 Å². The molecule has 1 saturated heterocycles. The molecule has 2 aromatic heterocycles. The van der Waals surface area contributed by atoms with Gasteiger partial charge in [0, 0.05) is 42.2 Å². The summed E-state index contributed by atoms with van der Waals surface area (Å²) >= 11 is 1.70. The highest BCUT2D eigenvalue weighted by atomic mass is 32.1. The fraction of sp³-hybridized carbons (Fsp3) is 0.400. The van der Waals surface area contributed by atoms with E-state index < -0.39 is 0 Å². The van der Waals surface area contributed by atoms with Gasteiger partial charge in [-0.3, -0.25) is 9.89 Å². The summed E-state index contributed by atoms with van der Waals surface area (Å²) in [5, 5.41) is 25.3. The smallest absolute Gasteiger partial charge is 0.251 e. The number of benzene rings is 2. The molecular weight excluding hydrogens is 496 g/mol. The quantitative estimate of drug-likeness (QED) is 0.272. The van der Waals surface area contributed by atoms with Crippen molar-refractivity contribution in [3.8, 4) is 17.0 Å². The number of aliphatic hydroxyl groups excluding tert-OH is 1. The fourth-order valence-electron chi connectivity index (χ4n) is 5.40. The number of carbonyl (C=O) groups excluding carboxylic acids is 1. The number of ether oxygens (including phenoxy) is 1. The van der Waals surface area contributed by atoms with Crippen LogP contribution in [0.15, 0.2) is 59.3 Å². The SMILES string of the molecule is O=C(NC(Cc1ccsc1)C1CC1)c1ccc2[nH]nc(-c3ccc(OC4CCN(CCO)CC4)cc3)c2c1. The third kappa shape index (κ3) is 5.77. The van der Waals surface area contributed by atoms with Crippen LogP contribution < -0.4 is 10.1 Å². The second-order valence-electron chi connectivity index (χ2n) is 10.5. The van der Waals surface area contributed by atoms with Crippen LogP contribution in [-0.2, 0) is 6.42 Å². The summed E-state index contributed by atoms with van der Waals surface area (Å²) in [6.07, 6.45) is 5.37. The molecule has 0 radical (unpaired) electrons. The number of nitrogens with zero attached hydrogens (tertiary/aromatic N) is 2. The largest absolute Gasteiger partial charge is 0.490 e. The van der Waals surface area contributed by atoms with E-state index in [1.165, 1.54) is 18.4 Å². The molecule has 0 spiro atoms. The molecule has 198 valence electrons. The first-order chi connectivity index (χ1) is 18.7. The van der Waals surface area contributed by atoms with Crippen LogP contribution in [0, 0.1) is 5.92 Å². The maximum Gasteiger partial charge on any atom is 0.251 e. The molecule has 1 amide bonds. The molecule has 1 aliphatic heterocycles. The number of piperidine rings is 1. The summed E-state index contributed by atoms with van der Waals surface area (Å²) in [5.41, 5.74) is 4.66. The number of hydrogen-bond acceptors (Lipinski definition) is 6. The maximum atomic E-state index is 13.2. The molecule has 38 heavy (non-hydrogen) atoms. The Morgan fingerprint density at radius 3 is 2.66 bits per heavy atom. The number of aliphatic hydroxyl groups is 1. The van der Waals surface area contributed by atoms with Gasteiger partial charge in [0.15, 0.2) is 0 Å². The van der Waals surface area contributed by atoms with Crippen molar-refractivity contribution >= 4 is 28.1 Å². The summed E-state index contributed by atoms with van der Waals surface area (Å²) in [6.45, 7) is 2.85. The van der Waals surface area contributed by atoms with Crippen molar-refractivity contribution in [2.24, 2.45) is 5.92 Å². The van der Waals surface area contributed by atoms with E-state index in [2.05, 4.69) is 37.2 Å². The summed E-state index contributed by atoms with van der Waals surface area (Å²) in [6, 6.07) is 16.1. The predicted octanol–water partition coefficient (Wildman–Crippen LogP) is 4.88. The van der Waals surface area contributed by atoms with Gasteiger partial charge in [-0.1, -0.05) is 0 Å². The van der Waals surface area contributed by atoms with Gasteiger partial charge >= 0.3 is 0 Å². The van der Waals surface area contributed by atoms with Gasteiger partial charge in [-0.15, -0.1) is 0 Å². The van der Waals surface area contributed by atoms with Crippen LogP contribution in [-0.4, -0.2) is 64.5 Å². The Morgan fingerprint density at radius 1 is 1.13 bits per heavy atom. The molecule has 3 N–H and O–H groups in total. The minimum absolute atomic E-state index is 0.0278. The molecule has 2 aromatic carbocycles. The third-order valence-electron chi connectivity index (χ3n) is 7.75. The molecule has 6 rings (SSSR count).